The number of amides is 1. The summed E-state index contributed by atoms with van der Waals surface area (Å²) in [6.45, 7) is 10.3. The molecule has 1 atom stereocenters. The van der Waals surface area contributed by atoms with Gasteiger partial charge in [0, 0.05) is 32.2 Å². The molecule has 0 spiro atoms. The highest BCUT2D eigenvalue weighted by Gasteiger charge is 2.26. The first-order valence-corrected chi connectivity index (χ1v) is 13.7. The van der Waals surface area contributed by atoms with E-state index in [1.807, 2.05) is 31.7 Å². The topological polar surface area (TPSA) is 75.5 Å². The number of carbonyl (C=O) groups excluding carboxylic acids is 1. The molecule has 0 radical (unpaired) electrons. The van der Waals surface area contributed by atoms with Gasteiger partial charge in [-0.05, 0) is 50.8 Å². The van der Waals surface area contributed by atoms with Crippen molar-refractivity contribution in [2.24, 2.45) is 0 Å². The molecule has 1 saturated heterocycles. The van der Waals surface area contributed by atoms with Crippen LogP contribution in [0.15, 0.2) is 28.3 Å². The maximum Gasteiger partial charge on any atom is 0.243 e. The van der Waals surface area contributed by atoms with Crippen LogP contribution < -0.4 is 0 Å². The van der Waals surface area contributed by atoms with Crippen molar-refractivity contribution in [3.05, 3.63) is 18.2 Å². The number of imidazole rings is 1. The van der Waals surface area contributed by atoms with E-state index in [9.17, 15) is 13.2 Å². The third-order valence-corrected chi connectivity index (χ3v) is 9.09. The van der Waals surface area contributed by atoms with Gasteiger partial charge < -0.3 is 9.47 Å². The van der Waals surface area contributed by atoms with E-state index in [4.69, 9.17) is 4.98 Å². The predicted molar refractivity (Wildman–Crippen MR) is 126 cm³/mol. The molecule has 1 aromatic heterocycles. The number of thioether (sulfide) groups is 1. The Morgan fingerprint density at radius 3 is 2.58 bits per heavy atom. The van der Waals surface area contributed by atoms with Crippen molar-refractivity contribution in [2.75, 3.05) is 25.4 Å². The molecule has 3 rings (SSSR count). The van der Waals surface area contributed by atoms with Gasteiger partial charge in [0.05, 0.1) is 21.7 Å². The number of benzene rings is 1. The van der Waals surface area contributed by atoms with Crippen LogP contribution in [0, 0.1) is 0 Å². The molecule has 1 aliphatic rings. The third kappa shape index (κ3) is 4.93. The van der Waals surface area contributed by atoms with Crippen LogP contribution in [0.1, 0.15) is 53.4 Å². The summed E-state index contributed by atoms with van der Waals surface area (Å²) in [5, 5.41) is 0.758. The lowest BCUT2D eigenvalue weighted by Crippen LogP contribution is -2.44. The highest BCUT2D eigenvalue weighted by Crippen LogP contribution is 2.28. The van der Waals surface area contributed by atoms with Crippen molar-refractivity contribution in [1.29, 1.82) is 0 Å². The van der Waals surface area contributed by atoms with Crippen molar-refractivity contribution < 1.29 is 13.2 Å². The van der Waals surface area contributed by atoms with E-state index in [1.54, 1.807) is 12.1 Å². The summed E-state index contributed by atoms with van der Waals surface area (Å²) >= 11 is 1.44. The monoisotopic (exact) mass is 466 g/mol. The Labute approximate surface area is 190 Å². The molecule has 0 N–H and O–H groups in total. The van der Waals surface area contributed by atoms with Crippen LogP contribution in [0.5, 0.6) is 0 Å². The lowest BCUT2D eigenvalue weighted by molar-refractivity contribution is -0.132. The average Bonchev–Trinajstić information content (AvgIpc) is 3.14. The first kappa shape index (κ1) is 24.1. The summed E-state index contributed by atoms with van der Waals surface area (Å²) in [6, 6.07) is 5.48. The van der Waals surface area contributed by atoms with Gasteiger partial charge >= 0.3 is 0 Å². The normalized spacial score (nSPS) is 17.6. The number of hydrogen-bond acceptors (Lipinski definition) is 5. The number of aromatic nitrogens is 2. The molecule has 2 aromatic rings. The van der Waals surface area contributed by atoms with Gasteiger partial charge in [-0.3, -0.25) is 4.79 Å². The molecule has 0 aliphatic carbocycles. The van der Waals surface area contributed by atoms with E-state index in [1.165, 1.54) is 22.5 Å². The molecule has 31 heavy (non-hydrogen) atoms. The fourth-order valence-electron chi connectivity index (χ4n) is 4.34. The minimum Gasteiger partial charge on any atom is -0.339 e. The van der Waals surface area contributed by atoms with Gasteiger partial charge in [0.25, 0.3) is 0 Å². The SMILES string of the molecule is CCC1CCCCN1C(=O)CSc1nc2cc(S(=O)(=O)N(CC)CC)ccc2n1CC. The minimum absolute atomic E-state index is 0.163. The number of nitrogens with zero attached hydrogens (tertiary/aromatic N) is 4. The Bertz CT molecular complexity index is 1020. The lowest BCUT2D eigenvalue weighted by atomic mass is 10.0. The van der Waals surface area contributed by atoms with Gasteiger partial charge in [0.15, 0.2) is 5.16 Å². The zero-order valence-corrected chi connectivity index (χ0v) is 20.6. The molecule has 0 saturated carbocycles. The number of rotatable bonds is 9. The molecule has 9 heteroatoms. The molecular weight excluding hydrogens is 432 g/mol. The molecular formula is C22H34N4O3S2. The van der Waals surface area contributed by atoms with E-state index in [0.717, 1.165) is 36.5 Å². The summed E-state index contributed by atoms with van der Waals surface area (Å²) in [5.74, 6) is 0.515. The van der Waals surface area contributed by atoms with Crippen molar-refractivity contribution in [2.45, 2.75) is 76.0 Å². The molecule has 1 aliphatic heterocycles. The van der Waals surface area contributed by atoms with Crippen molar-refractivity contribution in [1.82, 2.24) is 18.8 Å². The second-order valence-corrected chi connectivity index (χ2v) is 10.7. The zero-order valence-electron chi connectivity index (χ0n) is 19.0. The summed E-state index contributed by atoms with van der Waals surface area (Å²) in [5.41, 5.74) is 1.54. The predicted octanol–water partition coefficient (Wildman–Crippen LogP) is 3.97. The quantitative estimate of drug-likeness (QED) is 0.523. The molecule has 1 fully saturated rings. The molecule has 1 unspecified atom stereocenters. The maximum atomic E-state index is 12.9. The number of hydrogen-bond donors (Lipinski definition) is 0. The first-order chi connectivity index (χ1) is 14.9. The van der Waals surface area contributed by atoms with Crippen molar-refractivity contribution >= 4 is 38.7 Å². The van der Waals surface area contributed by atoms with Crippen LogP contribution >= 0.6 is 11.8 Å². The van der Waals surface area contributed by atoms with Crippen LogP contribution in [0.25, 0.3) is 11.0 Å². The van der Waals surface area contributed by atoms with E-state index in [2.05, 4.69) is 11.5 Å². The van der Waals surface area contributed by atoms with Gasteiger partial charge in [-0.2, -0.15) is 4.31 Å². The second-order valence-electron chi connectivity index (χ2n) is 7.81. The summed E-state index contributed by atoms with van der Waals surface area (Å²) in [7, 11) is -3.54. The minimum atomic E-state index is -3.54. The van der Waals surface area contributed by atoms with Crippen LogP contribution in [0.4, 0.5) is 0 Å². The number of sulfonamides is 1. The summed E-state index contributed by atoms with van der Waals surface area (Å²) < 4.78 is 29.3. The van der Waals surface area contributed by atoms with Crippen LogP contribution in [0.2, 0.25) is 0 Å². The van der Waals surface area contributed by atoms with Crippen LogP contribution in [0.3, 0.4) is 0 Å². The third-order valence-electron chi connectivity index (χ3n) is 6.09. The van der Waals surface area contributed by atoms with Gasteiger partial charge in [-0.15, -0.1) is 0 Å². The Kier molecular flexibility index (Phi) is 8.04. The molecule has 172 valence electrons. The number of piperidine rings is 1. The van der Waals surface area contributed by atoms with Crippen LogP contribution in [-0.4, -0.2) is 64.5 Å². The molecule has 2 heterocycles. The summed E-state index contributed by atoms with van der Waals surface area (Å²) in [6.07, 6.45) is 4.35. The van der Waals surface area contributed by atoms with Gasteiger partial charge in [-0.1, -0.05) is 32.5 Å². The molecule has 1 amide bonds. The Balaban J connectivity index is 1.84. The van der Waals surface area contributed by atoms with E-state index < -0.39 is 10.0 Å². The molecule has 0 bridgehead atoms. The highest BCUT2D eigenvalue weighted by atomic mass is 32.2. The number of carbonyl (C=O) groups is 1. The maximum absolute atomic E-state index is 12.9. The zero-order chi connectivity index (χ0) is 22.6. The van der Waals surface area contributed by atoms with Crippen molar-refractivity contribution in [3.8, 4) is 0 Å². The smallest absolute Gasteiger partial charge is 0.243 e. The van der Waals surface area contributed by atoms with E-state index in [-0.39, 0.29) is 10.8 Å². The fourth-order valence-corrected chi connectivity index (χ4v) is 6.78. The number of likely N-dealkylation sites (tertiary alicyclic amines) is 1. The fraction of sp³-hybridized carbons (Fsp3) is 0.636. The Morgan fingerprint density at radius 2 is 1.94 bits per heavy atom. The molecule has 1 aromatic carbocycles. The largest absolute Gasteiger partial charge is 0.339 e. The van der Waals surface area contributed by atoms with Gasteiger partial charge in [-0.25, -0.2) is 13.4 Å². The van der Waals surface area contributed by atoms with Crippen molar-refractivity contribution in [3.63, 3.8) is 0 Å². The lowest BCUT2D eigenvalue weighted by Gasteiger charge is -2.35. The second kappa shape index (κ2) is 10.4. The van der Waals surface area contributed by atoms with E-state index >= 15 is 0 Å². The average molecular weight is 467 g/mol. The summed E-state index contributed by atoms with van der Waals surface area (Å²) in [4.78, 5) is 19.9. The van der Waals surface area contributed by atoms with Gasteiger partial charge in [0.1, 0.15) is 0 Å². The molecule has 7 nitrogen and oxygen atoms in total. The van der Waals surface area contributed by atoms with E-state index in [0.29, 0.717) is 36.9 Å². The Hall–Kier alpha value is -1.58. The number of fused-ring (bicyclic) bond motifs is 1. The van der Waals surface area contributed by atoms with Gasteiger partial charge in [0.2, 0.25) is 15.9 Å². The highest BCUT2D eigenvalue weighted by molar-refractivity contribution is 7.99. The number of aryl methyl sites for hydroxylation is 1. The first-order valence-electron chi connectivity index (χ1n) is 11.3. The Morgan fingerprint density at radius 1 is 1.19 bits per heavy atom. The van der Waals surface area contributed by atoms with Crippen LogP contribution in [-0.2, 0) is 21.4 Å². The standard InChI is InChI=1S/C22H34N4O3S2/c1-5-17-11-9-10-14-26(17)21(27)16-30-22-23-19-15-18(12-13-20(19)25(22)8-4)31(28,29)24(6-2)7-3/h12-13,15,17H,5-11,14,16H2,1-4H3.